The van der Waals surface area contributed by atoms with Gasteiger partial charge in [-0.3, -0.25) is 4.79 Å². The Kier molecular flexibility index (Phi) is 4.52. The summed E-state index contributed by atoms with van der Waals surface area (Å²) in [6, 6.07) is 14.9. The number of nitrogens with two attached hydrogens (primary N) is 1. The van der Waals surface area contributed by atoms with E-state index in [2.05, 4.69) is 22.6 Å². The number of halogens is 2. The van der Waals surface area contributed by atoms with E-state index in [1.165, 1.54) is 11.3 Å². The van der Waals surface area contributed by atoms with Crippen LogP contribution in [0.25, 0.3) is 11.1 Å². The summed E-state index contributed by atoms with van der Waals surface area (Å²) >= 11 is 9.52. The summed E-state index contributed by atoms with van der Waals surface area (Å²) in [5, 5.41) is 3.07. The summed E-state index contributed by atoms with van der Waals surface area (Å²) in [6.07, 6.45) is 0. The molecule has 1 heterocycles. The second kappa shape index (κ2) is 6.40. The first-order valence-electron chi connectivity index (χ1n) is 6.49. The zero-order chi connectivity index (χ0) is 15.7. The largest absolute Gasteiger partial charge is 0.390 e. The van der Waals surface area contributed by atoms with Gasteiger partial charge in [-0.15, -0.1) is 11.3 Å². The number of rotatable bonds is 3. The highest BCUT2D eigenvalue weighted by Crippen LogP contribution is 2.35. The maximum absolute atomic E-state index is 12.8. The molecule has 0 fully saturated rings. The van der Waals surface area contributed by atoms with E-state index in [4.69, 9.17) is 17.3 Å². The van der Waals surface area contributed by atoms with E-state index >= 15 is 0 Å². The van der Waals surface area contributed by atoms with Gasteiger partial charge < -0.3 is 5.73 Å². The topological polar surface area (TPSA) is 43.1 Å². The van der Waals surface area contributed by atoms with Gasteiger partial charge in [0.1, 0.15) is 0 Å². The average molecular weight is 440 g/mol. The number of carbonyl (C=O) groups excluding carboxylic acids is 1. The van der Waals surface area contributed by atoms with Gasteiger partial charge >= 0.3 is 0 Å². The van der Waals surface area contributed by atoms with Crippen LogP contribution in [0.1, 0.15) is 15.9 Å². The number of benzene rings is 2. The number of thiophene rings is 1. The van der Waals surface area contributed by atoms with Crippen molar-refractivity contribution in [3.63, 3.8) is 0 Å². The van der Waals surface area contributed by atoms with Gasteiger partial charge in [-0.1, -0.05) is 23.7 Å². The minimum atomic E-state index is -0.0797. The fourth-order valence-electron chi connectivity index (χ4n) is 2.19. The lowest BCUT2D eigenvalue weighted by Gasteiger charge is -2.06. The highest BCUT2D eigenvalue weighted by molar-refractivity contribution is 14.1. The van der Waals surface area contributed by atoms with Crippen molar-refractivity contribution in [3.05, 3.63) is 73.6 Å². The lowest BCUT2D eigenvalue weighted by atomic mass is 9.97. The third-order valence-corrected chi connectivity index (χ3v) is 5.09. The standard InChI is InChI=1S/C17H11ClINOS/c18-12-5-1-11(2-6-12)16(21)15-14(9-22-17(15)20)10-3-7-13(19)8-4-10/h1-9H,20H2. The van der Waals surface area contributed by atoms with Crippen molar-refractivity contribution in [1.29, 1.82) is 0 Å². The predicted molar refractivity (Wildman–Crippen MR) is 102 cm³/mol. The maximum Gasteiger partial charge on any atom is 0.196 e. The minimum absolute atomic E-state index is 0.0797. The molecule has 0 bridgehead atoms. The molecule has 0 aliphatic heterocycles. The molecule has 0 atom stereocenters. The smallest absolute Gasteiger partial charge is 0.196 e. The molecule has 0 amide bonds. The monoisotopic (exact) mass is 439 g/mol. The maximum atomic E-state index is 12.8. The zero-order valence-electron chi connectivity index (χ0n) is 11.3. The van der Waals surface area contributed by atoms with Gasteiger partial charge in [0, 0.05) is 25.1 Å². The minimum Gasteiger partial charge on any atom is -0.390 e. The predicted octanol–water partition coefficient (Wildman–Crippen LogP) is 5.49. The van der Waals surface area contributed by atoms with Crippen molar-refractivity contribution in [2.75, 3.05) is 5.73 Å². The second-order valence-corrected chi connectivity index (χ2v) is 7.32. The van der Waals surface area contributed by atoms with Gasteiger partial charge in [0.25, 0.3) is 0 Å². The molecule has 5 heteroatoms. The number of anilines is 1. The fourth-order valence-corrected chi connectivity index (χ4v) is 3.50. The summed E-state index contributed by atoms with van der Waals surface area (Å²) in [4.78, 5) is 12.8. The molecule has 110 valence electrons. The lowest BCUT2D eigenvalue weighted by Crippen LogP contribution is -2.04. The first-order chi connectivity index (χ1) is 10.6. The average Bonchev–Trinajstić information content (AvgIpc) is 2.90. The first kappa shape index (κ1) is 15.5. The summed E-state index contributed by atoms with van der Waals surface area (Å²) in [5.74, 6) is -0.0797. The van der Waals surface area contributed by atoms with E-state index < -0.39 is 0 Å². The van der Waals surface area contributed by atoms with E-state index in [9.17, 15) is 4.79 Å². The molecular formula is C17H11ClINOS. The Balaban J connectivity index is 2.07. The number of hydrogen-bond acceptors (Lipinski definition) is 3. The number of ketones is 1. The highest BCUT2D eigenvalue weighted by Gasteiger charge is 2.20. The molecule has 0 radical (unpaired) electrons. The summed E-state index contributed by atoms with van der Waals surface area (Å²) in [5.41, 5.74) is 9.06. The molecule has 0 unspecified atom stereocenters. The van der Waals surface area contributed by atoms with Gasteiger partial charge in [-0.05, 0) is 64.6 Å². The Morgan fingerprint density at radius 2 is 1.68 bits per heavy atom. The summed E-state index contributed by atoms with van der Waals surface area (Å²) in [7, 11) is 0. The molecule has 2 N–H and O–H groups in total. The zero-order valence-corrected chi connectivity index (χ0v) is 15.1. The number of carbonyl (C=O) groups is 1. The summed E-state index contributed by atoms with van der Waals surface area (Å²) in [6.45, 7) is 0. The third kappa shape index (κ3) is 3.04. The normalized spacial score (nSPS) is 10.6. The Hall–Kier alpha value is -1.37. The first-order valence-corrected chi connectivity index (χ1v) is 8.83. The van der Waals surface area contributed by atoms with Crippen molar-refractivity contribution in [3.8, 4) is 11.1 Å². The van der Waals surface area contributed by atoms with Crippen LogP contribution < -0.4 is 5.73 Å². The van der Waals surface area contributed by atoms with Crippen LogP contribution in [0.3, 0.4) is 0 Å². The van der Waals surface area contributed by atoms with Gasteiger partial charge in [-0.25, -0.2) is 0 Å². The van der Waals surface area contributed by atoms with Crippen molar-refractivity contribution in [1.82, 2.24) is 0 Å². The van der Waals surface area contributed by atoms with Crippen LogP contribution in [0.15, 0.2) is 53.9 Å². The van der Waals surface area contributed by atoms with E-state index in [1.807, 2.05) is 29.6 Å². The van der Waals surface area contributed by atoms with E-state index in [-0.39, 0.29) is 5.78 Å². The second-order valence-electron chi connectivity index (χ2n) is 4.73. The molecule has 2 nitrogen and oxygen atoms in total. The van der Waals surface area contributed by atoms with Crippen LogP contribution in [-0.4, -0.2) is 5.78 Å². The fraction of sp³-hybridized carbons (Fsp3) is 0. The van der Waals surface area contributed by atoms with Crippen LogP contribution in [-0.2, 0) is 0 Å². The van der Waals surface area contributed by atoms with Gasteiger partial charge in [0.05, 0.1) is 10.6 Å². The van der Waals surface area contributed by atoms with Crippen molar-refractivity contribution in [2.24, 2.45) is 0 Å². The van der Waals surface area contributed by atoms with Gasteiger partial charge in [0.2, 0.25) is 0 Å². The van der Waals surface area contributed by atoms with Crippen LogP contribution in [0.4, 0.5) is 5.00 Å². The number of hydrogen-bond donors (Lipinski definition) is 1. The molecule has 3 rings (SSSR count). The molecule has 0 aliphatic carbocycles. The molecule has 3 aromatic rings. The molecule has 0 spiro atoms. The molecule has 1 aromatic heterocycles. The van der Waals surface area contributed by atoms with Crippen molar-refractivity contribution >= 4 is 56.3 Å². The van der Waals surface area contributed by atoms with Gasteiger partial charge in [0.15, 0.2) is 5.78 Å². The van der Waals surface area contributed by atoms with Crippen molar-refractivity contribution < 1.29 is 4.79 Å². The Morgan fingerprint density at radius 3 is 2.32 bits per heavy atom. The van der Waals surface area contributed by atoms with Crippen molar-refractivity contribution in [2.45, 2.75) is 0 Å². The van der Waals surface area contributed by atoms with E-state index in [0.29, 0.717) is 21.2 Å². The van der Waals surface area contributed by atoms with E-state index in [0.717, 1.165) is 14.7 Å². The van der Waals surface area contributed by atoms with Gasteiger partial charge in [-0.2, -0.15) is 0 Å². The Bertz CT molecular complexity index is 825. The molecular weight excluding hydrogens is 429 g/mol. The molecule has 2 aromatic carbocycles. The molecule has 0 aliphatic rings. The van der Waals surface area contributed by atoms with Crippen LogP contribution in [0.2, 0.25) is 5.02 Å². The van der Waals surface area contributed by atoms with Crippen LogP contribution >= 0.6 is 45.5 Å². The highest BCUT2D eigenvalue weighted by atomic mass is 127. The summed E-state index contributed by atoms with van der Waals surface area (Å²) < 4.78 is 1.15. The molecule has 0 saturated heterocycles. The van der Waals surface area contributed by atoms with Crippen LogP contribution in [0.5, 0.6) is 0 Å². The lowest BCUT2D eigenvalue weighted by molar-refractivity contribution is 0.104. The SMILES string of the molecule is Nc1scc(-c2ccc(I)cc2)c1C(=O)c1ccc(Cl)cc1. The molecule has 22 heavy (non-hydrogen) atoms. The van der Waals surface area contributed by atoms with E-state index in [1.54, 1.807) is 24.3 Å². The number of nitrogen functional groups attached to an aromatic ring is 1. The Labute approximate surface area is 151 Å². The third-order valence-electron chi connectivity index (χ3n) is 3.31. The van der Waals surface area contributed by atoms with Crippen LogP contribution in [0, 0.1) is 3.57 Å². The Morgan fingerprint density at radius 1 is 1.05 bits per heavy atom. The molecule has 0 saturated carbocycles. The quantitative estimate of drug-likeness (QED) is 0.433.